The van der Waals surface area contributed by atoms with Gasteiger partial charge >= 0.3 is 0 Å². The van der Waals surface area contributed by atoms with Gasteiger partial charge in [-0.05, 0) is 31.0 Å². The van der Waals surface area contributed by atoms with E-state index < -0.39 is 0 Å². The maximum atomic E-state index is 12.0. The van der Waals surface area contributed by atoms with Crippen LogP contribution in [0.5, 0.6) is 0 Å². The summed E-state index contributed by atoms with van der Waals surface area (Å²) in [6.45, 7) is 4.04. The summed E-state index contributed by atoms with van der Waals surface area (Å²) in [4.78, 5) is 17.9. The van der Waals surface area contributed by atoms with Crippen molar-refractivity contribution in [2.24, 2.45) is 0 Å². The summed E-state index contributed by atoms with van der Waals surface area (Å²) in [6, 6.07) is 9.64. The summed E-state index contributed by atoms with van der Waals surface area (Å²) in [7, 11) is 0. The molecule has 3 rings (SSSR count). The molecule has 0 unspecified atom stereocenters. The molecule has 19 heavy (non-hydrogen) atoms. The topological polar surface area (TPSA) is 43.1 Å². The van der Waals surface area contributed by atoms with Gasteiger partial charge in [0, 0.05) is 10.4 Å². The largest absolute Gasteiger partial charge is 0.427 e. The molecule has 0 aliphatic rings. The zero-order valence-electron chi connectivity index (χ0n) is 10.8. The molecule has 2 aromatic heterocycles. The van der Waals surface area contributed by atoms with E-state index in [4.69, 9.17) is 4.42 Å². The van der Waals surface area contributed by atoms with Gasteiger partial charge in [0.1, 0.15) is 0 Å². The Morgan fingerprint density at radius 3 is 2.84 bits per heavy atom. The average Bonchev–Trinajstić information content (AvgIpc) is 2.83. The Morgan fingerprint density at radius 1 is 1.32 bits per heavy atom. The SMILES string of the molecule is CCc1cc2c(=O)nc(-c3ccccc3C)oc2s1. The van der Waals surface area contributed by atoms with Gasteiger partial charge in [-0.2, -0.15) is 4.98 Å². The van der Waals surface area contributed by atoms with Gasteiger partial charge in [-0.3, -0.25) is 4.79 Å². The molecular formula is C15H13NO2S. The molecule has 0 saturated carbocycles. The minimum Gasteiger partial charge on any atom is -0.427 e. The monoisotopic (exact) mass is 271 g/mol. The van der Waals surface area contributed by atoms with Gasteiger partial charge in [-0.1, -0.05) is 25.1 Å². The summed E-state index contributed by atoms with van der Waals surface area (Å²) >= 11 is 1.52. The summed E-state index contributed by atoms with van der Waals surface area (Å²) in [5, 5.41) is 0.583. The predicted octanol–water partition coefficient (Wildman–Crippen LogP) is 3.79. The van der Waals surface area contributed by atoms with Crippen LogP contribution in [0.4, 0.5) is 0 Å². The number of hydrogen-bond acceptors (Lipinski definition) is 4. The van der Waals surface area contributed by atoms with E-state index in [0.717, 1.165) is 22.4 Å². The number of rotatable bonds is 2. The fraction of sp³-hybridized carbons (Fsp3) is 0.200. The van der Waals surface area contributed by atoms with Crippen LogP contribution in [0.3, 0.4) is 0 Å². The van der Waals surface area contributed by atoms with Crippen LogP contribution >= 0.6 is 11.3 Å². The Labute approximate surface area is 114 Å². The quantitative estimate of drug-likeness (QED) is 0.712. The number of fused-ring (bicyclic) bond motifs is 1. The molecule has 4 heteroatoms. The lowest BCUT2D eigenvalue weighted by molar-refractivity contribution is 0.602. The van der Waals surface area contributed by atoms with Crippen LogP contribution < -0.4 is 5.56 Å². The number of benzene rings is 1. The predicted molar refractivity (Wildman–Crippen MR) is 77.7 cm³/mol. The van der Waals surface area contributed by atoms with E-state index in [2.05, 4.69) is 11.9 Å². The summed E-state index contributed by atoms with van der Waals surface area (Å²) in [6.07, 6.45) is 0.897. The van der Waals surface area contributed by atoms with Crippen LogP contribution in [0.25, 0.3) is 21.7 Å². The number of aromatic nitrogens is 1. The van der Waals surface area contributed by atoms with Gasteiger partial charge in [-0.25, -0.2) is 0 Å². The second-order valence-electron chi connectivity index (χ2n) is 4.41. The lowest BCUT2D eigenvalue weighted by Gasteiger charge is -2.02. The van der Waals surface area contributed by atoms with Crippen LogP contribution in [-0.2, 0) is 6.42 Å². The normalized spacial score (nSPS) is 11.1. The van der Waals surface area contributed by atoms with E-state index >= 15 is 0 Å². The third-order valence-corrected chi connectivity index (χ3v) is 4.25. The van der Waals surface area contributed by atoms with Gasteiger partial charge in [0.25, 0.3) is 5.56 Å². The van der Waals surface area contributed by atoms with E-state index in [1.807, 2.05) is 37.3 Å². The molecule has 0 atom stereocenters. The van der Waals surface area contributed by atoms with Crippen molar-refractivity contribution in [3.8, 4) is 11.5 Å². The number of thiophene rings is 1. The van der Waals surface area contributed by atoms with Gasteiger partial charge < -0.3 is 4.42 Å². The highest BCUT2D eigenvalue weighted by molar-refractivity contribution is 7.18. The van der Waals surface area contributed by atoms with Crippen molar-refractivity contribution < 1.29 is 4.42 Å². The summed E-state index contributed by atoms with van der Waals surface area (Å²) < 4.78 is 5.80. The number of aryl methyl sites for hydroxylation is 2. The molecule has 0 aliphatic carbocycles. The van der Waals surface area contributed by atoms with E-state index in [9.17, 15) is 4.79 Å². The van der Waals surface area contributed by atoms with Crippen LogP contribution in [-0.4, -0.2) is 4.98 Å². The first-order chi connectivity index (χ1) is 9.19. The average molecular weight is 271 g/mol. The number of nitrogens with zero attached hydrogens (tertiary/aromatic N) is 1. The second kappa shape index (κ2) is 4.63. The zero-order valence-corrected chi connectivity index (χ0v) is 11.6. The Balaban J connectivity index is 2.26. The van der Waals surface area contributed by atoms with Crippen molar-refractivity contribution in [1.29, 1.82) is 0 Å². The fourth-order valence-electron chi connectivity index (χ4n) is 2.01. The summed E-state index contributed by atoms with van der Waals surface area (Å²) in [5.74, 6) is 0.403. The molecule has 1 aromatic carbocycles. The minimum absolute atomic E-state index is 0.213. The maximum absolute atomic E-state index is 12.0. The molecule has 0 radical (unpaired) electrons. The third kappa shape index (κ3) is 2.08. The van der Waals surface area contributed by atoms with Crippen LogP contribution in [0.15, 0.2) is 39.5 Å². The maximum Gasteiger partial charge on any atom is 0.285 e. The molecule has 3 nitrogen and oxygen atoms in total. The van der Waals surface area contributed by atoms with Crippen molar-refractivity contribution in [2.45, 2.75) is 20.3 Å². The molecule has 96 valence electrons. The van der Waals surface area contributed by atoms with Gasteiger partial charge in [0.2, 0.25) is 5.89 Å². The van der Waals surface area contributed by atoms with Gasteiger partial charge in [0.05, 0.1) is 5.39 Å². The van der Waals surface area contributed by atoms with Gasteiger partial charge in [0.15, 0.2) is 4.90 Å². The van der Waals surface area contributed by atoms with Crippen molar-refractivity contribution in [2.75, 3.05) is 0 Å². The molecule has 0 spiro atoms. The van der Waals surface area contributed by atoms with Crippen molar-refractivity contribution in [3.63, 3.8) is 0 Å². The highest BCUT2D eigenvalue weighted by Gasteiger charge is 2.12. The standard InChI is InChI=1S/C15H13NO2S/c1-3-10-8-12-13(17)16-14(18-15(12)19-10)11-7-5-4-6-9(11)2/h4-8H,3H2,1-2H3. The fourth-order valence-corrected chi connectivity index (χ4v) is 2.95. The first-order valence-corrected chi connectivity index (χ1v) is 7.00. The Morgan fingerprint density at radius 2 is 2.11 bits per heavy atom. The molecule has 0 fully saturated rings. The van der Waals surface area contributed by atoms with Crippen molar-refractivity contribution >= 4 is 21.6 Å². The molecule has 0 aliphatic heterocycles. The lowest BCUT2D eigenvalue weighted by atomic mass is 10.1. The van der Waals surface area contributed by atoms with Crippen LogP contribution in [0, 0.1) is 6.92 Å². The smallest absolute Gasteiger partial charge is 0.285 e. The van der Waals surface area contributed by atoms with Gasteiger partial charge in [-0.15, -0.1) is 11.3 Å². The van der Waals surface area contributed by atoms with E-state index in [-0.39, 0.29) is 5.56 Å². The Hall–Kier alpha value is -1.94. The third-order valence-electron chi connectivity index (χ3n) is 3.10. The minimum atomic E-state index is -0.213. The second-order valence-corrected chi connectivity index (χ2v) is 5.51. The van der Waals surface area contributed by atoms with E-state index in [1.165, 1.54) is 11.3 Å². The molecular weight excluding hydrogens is 258 g/mol. The van der Waals surface area contributed by atoms with E-state index in [1.54, 1.807) is 0 Å². The molecule has 2 heterocycles. The summed E-state index contributed by atoms with van der Waals surface area (Å²) in [5.41, 5.74) is 1.70. The molecule has 0 N–H and O–H groups in total. The lowest BCUT2D eigenvalue weighted by Crippen LogP contribution is -2.06. The van der Waals surface area contributed by atoms with Crippen LogP contribution in [0.2, 0.25) is 0 Å². The first kappa shape index (κ1) is 12.1. The van der Waals surface area contributed by atoms with E-state index in [0.29, 0.717) is 16.2 Å². The number of hydrogen-bond donors (Lipinski definition) is 0. The Bertz CT molecular complexity index is 801. The molecule has 3 aromatic rings. The van der Waals surface area contributed by atoms with Crippen molar-refractivity contribution in [1.82, 2.24) is 4.98 Å². The molecule has 0 saturated heterocycles. The zero-order chi connectivity index (χ0) is 13.4. The highest BCUT2D eigenvalue weighted by Crippen LogP contribution is 2.28. The molecule has 0 amide bonds. The first-order valence-electron chi connectivity index (χ1n) is 6.18. The van der Waals surface area contributed by atoms with Crippen molar-refractivity contribution in [3.05, 3.63) is 51.1 Å². The molecule has 0 bridgehead atoms. The Kier molecular flexibility index (Phi) is 2.95. The van der Waals surface area contributed by atoms with Crippen LogP contribution in [0.1, 0.15) is 17.4 Å². The highest BCUT2D eigenvalue weighted by atomic mass is 32.1.